The summed E-state index contributed by atoms with van der Waals surface area (Å²) in [5.74, 6) is 1.12. The molecule has 2 aliphatic heterocycles. The third-order valence-electron chi connectivity index (χ3n) is 11.4. The zero-order chi connectivity index (χ0) is 36.2. The van der Waals surface area contributed by atoms with Gasteiger partial charge in [-0.15, -0.1) is 0 Å². The summed E-state index contributed by atoms with van der Waals surface area (Å²) < 4.78 is 4.62. The van der Waals surface area contributed by atoms with Crippen molar-refractivity contribution in [1.82, 2.24) is 40.0 Å². The summed E-state index contributed by atoms with van der Waals surface area (Å²) in [6.07, 6.45) is 7.99. The van der Waals surface area contributed by atoms with Gasteiger partial charge in [-0.1, -0.05) is 48.5 Å². The van der Waals surface area contributed by atoms with Crippen LogP contribution in [0.15, 0.2) is 60.9 Å². The number of ether oxygens (including phenoxy) is 1. The number of hydrogen-bond donors (Lipinski definition) is 4. The molecule has 4 fully saturated rings. The molecule has 0 radical (unpaired) electrons. The van der Waals surface area contributed by atoms with Gasteiger partial charge in [0, 0.05) is 43.7 Å². The van der Waals surface area contributed by atoms with Gasteiger partial charge in [-0.3, -0.25) is 9.59 Å². The molecule has 2 aliphatic carbocycles. The lowest BCUT2D eigenvalue weighted by molar-refractivity contribution is -0.133. The van der Waals surface area contributed by atoms with E-state index in [1.165, 1.54) is 14.2 Å². The third-order valence-corrected chi connectivity index (χ3v) is 11.4. The van der Waals surface area contributed by atoms with Gasteiger partial charge in [-0.2, -0.15) is 0 Å². The number of alkyl carbamates (subject to hydrolysis) is 1. The van der Waals surface area contributed by atoms with Crippen LogP contribution in [0.4, 0.5) is 9.59 Å². The Labute approximate surface area is 300 Å². The fraction of sp³-hybridized carbons (Fsp3) is 0.421. The highest BCUT2D eigenvalue weighted by Gasteiger charge is 2.55. The largest absolute Gasteiger partial charge is 0.465 e. The molecule has 2 aromatic carbocycles. The zero-order valence-corrected chi connectivity index (χ0v) is 29.2. The molecule has 4 heterocycles. The molecule has 14 nitrogen and oxygen atoms in total. The fourth-order valence-electron chi connectivity index (χ4n) is 7.86. The van der Waals surface area contributed by atoms with Gasteiger partial charge in [-0.25, -0.2) is 19.6 Å². The van der Waals surface area contributed by atoms with E-state index >= 15 is 0 Å². The molecule has 4 N–H and O–H groups in total. The van der Waals surface area contributed by atoms with Crippen LogP contribution in [-0.2, 0) is 14.3 Å². The SMILES string of the molecule is COC(=O)NCC(=O)N1CC2(CC2)C[C@H]1c1nc(-c2ccc(-c3ccc(-c4c[nH]c([C@@H]5CC6(CC6)CN5C(=O)CN(C)C(=O)O)n4)cc3)cc2)c[nH]1. The van der Waals surface area contributed by atoms with E-state index in [0.717, 1.165) is 88.7 Å². The van der Waals surface area contributed by atoms with Gasteiger partial charge in [0.15, 0.2) is 0 Å². The molecule has 8 rings (SSSR count). The maximum Gasteiger partial charge on any atom is 0.407 e. The number of aromatic amines is 2. The van der Waals surface area contributed by atoms with Crippen LogP contribution in [0.25, 0.3) is 33.6 Å². The summed E-state index contributed by atoms with van der Waals surface area (Å²) in [5, 5.41) is 11.8. The average Bonchev–Trinajstić information content (AvgIpc) is 3.73. The van der Waals surface area contributed by atoms with E-state index in [0.29, 0.717) is 13.1 Å². The van der Waals surface area contributed by atoms with Crippen molar-refractivity contribution in [2.75, 3.05) is 40.3 Å². The van der Waals surface area contributed by atoms with E-state index in [-0.39, 0.29) is 47.8 Å². The maximum absolute atomic E-state index is 13.1. The highest BCUT2D eigenvalue weighted by molar-refractivity contribution is 5.83. The summed E-state index contributed by atoms with van der Waals surface area (Å²) >= 11 is 0. The summed E-state index contributed by atoms with van der Waals surface area (Å²) in [4.78, 5) is 70.1. The van der Waals surface area contributed by atoms with Crippen molar-refractivity contribution in [2.24, 2.45) is 10.8 Å². The van der Waals surface area contributed by atoms with Crippen LogP contribution in [0.5, 0.6) is 0 Å². The van der Waals surface area contributed by atoms with E-state index in [1.54, 1.807) is 4.90 Å². The molecule has 2 atom stereocenters. The average molecular weight is 707 g/mol. The lowest BCUT2D eigenvalue weighted by Gasteiger charge is -2.25. The first-order valence-electron chi connectivity index (χ1n) is 17.7. The molecule has 52 heavy (non-hydrogen) atoms. The van der Waals surface area contributed by atoms with Crippen LogP contribution in [0.1, 0.15) is 62.3 Å². The van der Waals surface area contributed by atoms with Crippen molar-refractivity contribution in [3.63, 3.8) is 0 Å². The summed E-state index contributed by atoms with van der Waals surface area (Å²) in [6, 6.07) is 16.0. The number of carboxylic acid groups (broad SMARTS) is 1. The molecule has 14 heteroatoms. The Bertz CT molecular complexity index is 2010. The Balaban J connectivity index is 0.929. The summed E-state index contributed by atoms with van der Waals surface area (Å²) in [6.45, 7) is 1.00. The second kappa shape index (κ2) is 12.8. The molecule has 2 aromatic heterocycles. The number of H-pyrrole nitrogens is 2. The molecule has 0 unspecified atom stereocenters. The number of methoxy groups -OCH3 is 1. The number of amides is 4. The third kappa shape index (κ3) is 6.48. The number of hydrogen-bond acceptors (Lipinski definition) is 7. The van der Waals surface area contributed by atoms with Crippen LogP contribution in [0, 0.1) is 10.8 Å². The standard InChI is InChI=1S/C38H42N8O6/c1-44(36(50)51)20-32(48)46-22-38(13-14-38)16-30(46)34-40-18-28(43-34)26-9-5-24(6-10-26)23-3-7-25(8-4-23)27-17-39-33(42-27)29-15-37(11-12-37)21-45(29)31(47)19-41-35(49)52-2/h3-10,17-18,29-30H,11-16,19-22H2,1-2H3,(H,39,42)(H,40,43)(H,41,49)(H,50,51)/t29-,30-/m0/s1. The second-order valence-corrected chi connectivity index (χ2v) is 15.0. The molecule has 0 bridgehead atoms. The molecule has 4 amide bonds. The van der Waals surface area contributed by atoms with E-state index in [2.05, 4.69) is 44.3 Å². The smallest absolute Gasteiger partial charge is 0.407 e. The van der Waals surface area contributed by atoms with Gasteiger partial charge in [0.2, 0.25) is 11.8 Å². The lowest BCUT2D eigenvalue weighted by atomic mass is 10.0. The maximum atomic E-state index is 13.1. The molecule has 4 aliphatic rings. The number of likely N-dealkylation sites (tertiary alicyclic amines) is 2. The fourth-order valence-corrected chi connectivity index (χ4v) is 7.86. The second-order valence-electron chi connectivity index (χ2n) is 15.0. The minimum atomic E-state index is -1.13. The molecular weight excluding hydrogens is 664 g/mol. The number of benzene rings is 2. The van der Waals surface area contributed by atoms with Crippen LogP contribution in [-0.4, -0.2) is 104 Å². The number of carbonyl (C=O) groups excluding carboxylic acids is 3. The number of aromatic nitrogens is 4. The Morgan fingerprint density at radius 1 is 0.788 bits per heavy atom. The van der Waals surface area contributed by atoms with E-state index in [1.807, 2.05) is 41.6 Å². The topological polar surface area (TPSA) is 177 Å². The van der Waals surface area contributed by atoms with Gasteiger partial charge in [0.25, 0.3) is 0 Å². The number of rotatable bonds is 9. The van der Waals surface area contributed by atoms with Crippen LogP contribution in [0.2, 0.25) is 0 Å². The molecular formula is C38H42N8O6. The predicted octanol–water partition coefficient (Wildman–Crippen LogP) is 5.21. The Morgan fingerprint density at radius 3 is 1.65 bits per heavy atom. The van der Waals surface area contributed by atoms with Gasteiger partial charge >= 0.3 is 12.2 Å². The highest BCUT2D eigenvalue weighted by atomic mass is 16.5. The Morgan fingerprint density at radius 2 is 1.23 bits per heavy atom. The van der Waals surface area contributed by atoms with Crippen LogP contribution in [0.3, 0.4) is 0 Å². The molecule has 2 spiro atoms. The minimum absolute atomic E-state index is 0.115. The van der Waals surface area contributed by atoms with Crippen molar-refractivity contribution in [2.45, 2.75) is 50.6 Å². The molecule has 4 aromatic rings. The van der Waals surface area contributed by atoms with E-state index in [9.17, 15) is 24.3 Å². The van der Waals surface area contributed by atoms with E-state index < -0.39 is 12.2 Å². The van der Waals surface area contributed by atoms with Gasteiger partial charge in [-0.05, 0) is 60.5 Å². The van der Waals surface area contributed by atoms with Crippen molar-refractivity contribution in [1.29, 1.82) is 0 Å². The van der Waals surface area contributed by atoms with Crippen LogP contribution < -0.4 is 5.32 Å². The molecule has 270 valence electrons. The number of nitrogens with one attached hydrogen (secondary N) is 3. The lowest BCUT2D eigenvalue weighted by Crippen LogP contribution is -2.41. The van der Waals surface area contributed by atoms with Gasteiger partial charge in [0.1, 0.15) is 24.7 Å². The Kier molecular flexibility index (Phi) is 8.26. The van der Waals surface area contributed by atoms with Crippen molar-refractivity contribution >= 4 is 24.0 Å². The van der Waals surface area contributed by atoms with Crippen LogP contribution >= 0.6 is 0 Å². The van der Waals surface area contributed by atoms with Crippen molar-refractivity contribution in [3.8, 4) is 33.6 Å². The predicted molar refractivity (Wildman–Crippen MR) is 190 cm³/mol. The summed E-state index contributed by atoms with van der Waals surface area (Å²) in [5.41, 5.74) is 5.86. The number of imidazole rings is 2. The number of likely N-dealkylation sites (N-methyl/N-ethyl adjacent to an activating group) is 1. The van der Waals surface area contributed by atoms with E-state index in [4.69, 9.17) is 9.97 Å². The summed E-state index contributed by atoms with van der Waals surface area (Å²) in [7, 11) is 2.68. The minimum Gasteiger partial charge on any atom is -0.465 e. The number of nitrogens with zero attached hydrogens (tertiary/aromatic N) is 5. The van der Waals surface area contributed by atoms with Crippen molar-refractivity contribution < 1.29 is 29.0 Å². The first-order valence-corrected chi connectivity index (χ1v) is 17.7. The van der Waals surface area contributed by atoms with Crippen molar-refractivity contribution in [3.05, 3.63) is 72.6 Å². The van der Waals surface area contributed by atoms with Gasteiger partial charge in [0.05, 0.1) is 30.6 Å². The Hall–Kier alpha value is -5.66. The first kappa shape index (κ1) is 33.5. The normalized spacial score (nSPS) is 20.7. The quantitative estimate of drug-likeness (QED) is 0.183. The molecule has 2 saturated heterocycles. The monoisotopic (exact) mass is 706 g/mol. The molecule has 2 saturated carbocycles. The van der Waals surface area contributed by atoms with Gasteiger partial charge < -0.3 is 39.8 Å². The number of carbonyl (C=O) groups is 4. The first-order chi connectivity index (χ1) is 25.0. The zero-order valence-electron chi connectivity index (χ0n) is 29.2. The highest BCUT2D eigenvalue weighted by Crippen LogP contribution is 2.59.